The van der Waals surface area contributed by atoms with Crippen molar-refractivity contribution in [2.75, 3.05) is 13.7 Å². The lowest BCUT2D eigenvalue weighted by molar-refractivity contribution is -0.121. The number of amidine groups is 1. The standard InChI is InChI=1S/C27H22BrFN2O4S/c1-3-34-26(33)18-6-11-22(12-7-18)30-27-31(2)25(32)24(36-27)15-19-14-20(28)8-13-23(19)35-16-17-4-9-21(29)10-5-17/h4-15H,3,16H2,1-2H3. The van der Waals surface area contributed by atoms with Gasteiger partial charge in [-0.15, -0.1) is 0 Å². The molecule has 1 amide bonds. The highest BCUT2D eigenvalue weighted by Gasteiger charge is 2.30. The predicted octanol–water partition coefficient (Wildman–Crippen LogP) is 6.58. The van der Waals surface area contributed by atoms with Crippen LogP contribution in [0, 0.1) is 5.82 Å². The molecule has 0 N–H and O–H groups in total. The van der Waals surface area contributed by atoms with Crippen LogP contribution in [-0.4, -0.2) is 35.6 Å². The molecule has 0 aromatic heterocycles. The van der Waals surface area contributed by atoms with Gasteiger partial charge in [0.2, 0.25) is 0 Å². The van der Waals surface area contributed by atoms with Crippen LogP contribution in [0.5, 0.6) is 5.75 Å². The van der Waals surface area contributed by atoms with E-state index < -0.39 is 5.97 Å². The molecule has 0 spiro atoms. The Bertz CT molecular complexity index is 1340. The van der Waals surface area contributed by atoms with E-state index in [1.807, 2.05) is 18.2 Å². The fourth-order valence-corrected chi connectivity index (χ4v) is 4.65. The molecule has 3 aromatic carbocycles. The first kappa shape index (κ1) is 25.7. The molecule has 184 valence electrons. The van der Waals surface area contributed by atoms with Gasteiger partial charge in [-0.2, -0.15) is 0 Å². The van der Waals surface area contributed by atoms with Crippen LogP contribution in [0.2, 0.25) is 0 Å². The highest BCUT2D eigenvalue weighted by atomic mass is 79.9. The number of thioether (sulfide) groups is 1. The zero-order valence-electron chi connectivity index (χ0n) is 19.5. The second kappa shape index (κ2) is 11.5. The number of ether oxygens (including phenoxy) is 2. The Morgan fingerprint density at radius 1 is 1.11 bits per heavy atom. The maximum atomic E-state index is 13.2. The number of hydrogen-bond donors (Lipinski definition) is 0. The molecule has 0 bridgehead atoms. The first-order chi connectivity index (χ1) is 17.3. The fourth-order valence-electron chi connectivity index (χ4n) is 3.30. The summed E-state index contributed by atoms with van der Waals surface area (Å²) in [6, 6.07) is 18.3. The van der Waals surface area contributed by atoms with Crippen LogP contribution < -0.4 is 4.74 Å². The van der Waals surface area contributed by atoms with E-state index in [-0.39, 0.29) is 18.3 Å². The second-order valence-corrected chi connectivity index (χ2v) is 9.66. The topological polar surface area (TPSA) is 68.2 Å². The monoisotopic (exact) mass is 568 g/mol. The number of halogens is 2. The van der Waals surface area contributed by atoms with Crippen molar-refractivity contribution < 1.29 is 23.5 Å². The molecule has 6 nitrogen and oxygen atoms in total. The first-order valence-electron chi connectivity index (χ1n) is 11.0. The lowest BCUT2D eigenvalue weighted by atomic mass is 10.1. The highest BCUT2D eigenvalue weighted by molar-refractivity contribution is 9.10. The van der Waals surface area contributed by atoms with Crippen molar-refractivity contribution >= 4 is 56.5 Å². The lowest BCUT2D eigenvalue weighted by Gasteiger charge is -2.10. The van der Waals surface area contributed by atoms with Gasteiger partial charge in [0, 0.05) is 17.1 Å². The molecular weight excluding hydrogens is 547 g/mol. The molecule has 0 saturated carbocycles. The molecule has 0 radical (unpaired) electrons. The molecule has 36 heavy (non-hydrogen) atoms. The number of amides is 1. The first-order valence-corrected chi connectivity index (χ1v) is 12.6. The molecule has 1 aliphatic rings. The summed E-state index contributed by atoms with van der Waals surface area (Å²) >= 11 is 4.72. The molecule has 0 atom stereocenters. The summed E-state index contributed by atoms with van der Waals surface area (Å²) in [6.07, 6.45) is 1.76. The van der Waals surface area contributed by atoms with Gasteiger partial charge in [-0.3, -0.25) is 9.69 Å². The van der Waals surface area contributed by atoms with Gasteiger partial charge in [-0.25, -0.2) is 14.2 Å². The second-order valence-electron chi connectivity index (χ2n) is 7.73. The van der Waals surface area contributed by atoms with Crippen molar-refractivity contribution in [3.8, 4) is 5.75 Å². The molecule has 1 fully saturated rings. The summed E-state index contributed by atoms with van der Waals surface area (Å²) in [5.74, 6) is -0.297. The van der Waals surface area contributed by atoms with Gasteiger partial charge in [0.1, 0.15) is 18.2 Å². The average molecular weight is 569 g/mol. The van der Waals surface area contributed by atoms with Crippen molar-refractivity contribution in [3.05, 3.63) is 98.6 Å². The van der Waals surface area contributed by atoms with Gasteiger partial charge in [0.15, 0.2) is 5.17 Å². The summed E-state index contributed by atoms with van der Waals surface area (Å²) in [4.78, 5) is 31.3. The van der Waals surface area contributed by atoms with E-state index in [4.69, 9.17) is 9.47 Å². The number of benzene rings is 3. The number of hydrogen-bond acceptors (Lipinski definition) is 6. The zero-order valence-corrected chi connectivity index (χ0v) is 21.9. The van der Waals surface area contributed by atoms with Crippen LogP contribution in [0.3, 0.4) is 0 Å². The van der Waals surface area contributed by atoms with Crippen LogP contribution in [0.4, 0.5) is 10.1 Å². The minimum Gasteiger partial charge on any atom is -0.488 e. The Morgan fingerprint density at radius 3 is 2.53 bits per heavy atom. The van der Waals surface area contributed by atoms with Gasteiger partial charge in [0.25, 0.3) is 5.91 Å². The van der Waals surface area contributed by atoms with Crippen LogP contribution in [0.1, 0.15) is 28.4 Å². The van der Waals surface area contributed by atoms with E-state index >= 15 is 0 Å². The highest BCUT2D eigenvalue weighted by Crippen LogP contribution is 2.35. The van der Waals surface area contributed by atoms with Crippen LogP contribution in [0.15, 0.2) is 81.1 Å². The third-order valence-corrected chi connectivity index (χ3v) is 6.73. The number of nitrogens with zero attached hydrogens (tertiary/aromatic N) is 2. The van der Waals surface area contributed by atoms with E-state index in [2.05, 4.69) is 20.9 Å². The van der Waals surface area contributed by atoms with Crippen LogP contribution in [0.25, 0.3) is 6.08 Å². The number of aliphatic imine (C=N–C) groups is 1. The molecule has 4 rings (SSSR count). The summed E-state index contributed by atoms with van der Waals surface area (Å²) < 4.78 is 25.0. The van der Waals surface area contributed by atoms with Crippen molar-refractivity contribution in [2.24, 2.45) is 4.99 Å². The Morgan fingerprint density at radius 2 is 1.83 bits per heavy atom. The minimum absolute atomic E-state index is 0.189. The third-order valence-electron chi connectivity index (χ3n) is 5.17. The van der Waals surface area contributed by atoms with Crippen LogP contribution in [-0.2, 0) is 16.1 Å². The normalized spacial score (nSPS) is 15.6. The van der Waals surface area contributed by atoms with Crippen molar-refractivity contribution in [1.82, 2.24) is 4.90 Å². The Balaban J connectivity index is 1.54. The number of carbonyl (C=O) groups is 2. The molecule has 9 heteroatoms. The van der Waals surface area contributed by atoms with Gasteiger partial charge in [-0.05, 0) is 84.9 Å². The lowest BCUT2D eigenvalue weighted by Crippen LogP contribution is -2.23. The van der Waals surface area contributed by atoms with Crippen molar-refractivity contribution in [3.63, 3.8) is 0 Å². The summed E-state index contributed by atoms with van der Waals surface area (Å²) in [5.41, 5.74) is 2.59. The van der Waals surface area contributed by atoms with Crippen molar-refractivity contribution in [2.45, 2.75) is 13.5 Å². The largest absolute Gasteiger partial charge is 0.488 e. The number of carbonyl (C=O) groups excluding carboxylic acids is 2. The van der Waals surface area contributed by atoms with E-state index in [0.29, 0.717) is 33.7 Å². The summed E-state index contributed by atoms with van der Waals surface area (Å²) in [5, 5.41) is 0.513. The smallest absolute Gasteiger partial charge is 0.338 e. The summed E-state index contributed by atoms with van der Waals surface area (Å²) in [7, 11) is 1.66. The quantitative estimate of drug-likeness (QED) is 0.238. The van der Waals surface area contributed by atoms with Crippen molar-refractivity contribution in [1.29, 1.82) is 0 Å². The molecule has 0 aliphatic carbocycles. The molecule has 3 aromatic rings. The molecule has 1 heterocycles. The maximum absolute atomic E-state index is 13.2. The minimum atomic E-state index is -0.393. The average Bonchev–Trinajstić information content (AvgIpc) is 3.13. The molecule has 0 unspecified atom stereocenters. The fraction of sp³-hybridized carbons (Fsp3) is 0.148. The van der Waals surface area contributed by atoms with E-state index in [0.717, 1.165) is 15.6 Å². The van der Waals surface area contributed by atoms with Gasteiger partial charge in [-0.1, -0.05) is 28.1 Å². The van der Waals surface area contributed by atoms with Gasteiger partial charge in [0.05, 0.1) is 22.8 Å². The Kier molecular flexibility index (Phi) is 8.22. The molecule has 1 aliphatic heterocycles. The van der Waals surface area contributed by atoms with E-state index in [1.165, 1.54) is 28.8 Å². The number of likely N-dealkylation sites (N-methyl/N-ethyl adjacent to an activating group) is 1. The predicted molar refractivity (Wildman–Crippen MR) is 143 cm³/mol. The van der Waals surface area contributed by atoms with E-state index in [9.17, 15) is 14.0 Å². The Hall–Kier alpha value is -3.43. The van der Waals surface area contributed by atoms with Crippen LogP contribution >= 0.6 is 27.7 Å². The van der Waals surface area contributed by atoms with Gasteiger partial charge < -0.3 is 9.47 Å². The zero-order chi connectivity index (χ0) is 25.7. The SMILES string of the molecule is CCOC(=O)c1ccc(N=C2SC(=Cc3cc(Br)ccc3OCc3ccc(F)cc3)C(=O)N2C)cc1. The number of esters is 1. The molecular formula is C27H22BrFN2O4S. The third kappa shape index (κ3) is 6.22. The van der Waals surface area contributed by atoms with E-state index in [1.54, 1.807) is 56.4 Å². The molecule has 1 saturated heterocycles. The Labute approximate surface area is 220 Å². The summed E-state index contributed by atoms with van der Waals surface area (Å²) in [6.45, 7) is 2.31. The number of rotatable bonds is 7. The van der Waals surface area contributed by atoms with Gasteiger partial charge >= 0.3 is 5.97 Å². The maximum Gasteiger partial charge on any atom is 0.338 e.